The normalized spacial score (nSPS) is 15.0. The molecule has 4 nitrogen and oxygen atoms in total. The highest BCUT2D eigenvalue weighted by Gasteiger charge is 2.28. The fourth-order valence-electron chi connectivity index (χ4n) is 4.72. The second-order valence-electron chi connectivity index (χ2n) is 8.85. The predicted octanol–water partition coefficient (Wildman–Crippen LogP) is 5.93. The molecule has 1 aliphatic rings. The molecule has 1 unspecified atom stereocenters. The first-order chi connectivity index (χ1) is 17.1. The number of halogens is 1. The van der Waals surface area contributed by atoms with Crippen LogP contribution in [0.25, 0.3) is 0 Å². The molecule has 0 spiro atoms. The molecule has 0 aromatic heterocycles. The summed E-state index contributed by atoms with van der Waals surface area (Å²) in [7, 11) is 0. The van der Waals surface area contributed by atoms with Gasteiger partial charge in [-0.1, -0.05) is 30.4 Å². The van der Waals surface area contributed by atoms with Gasteiger partial charge >= 0.3 is 0 Å². The summed E-state index contributed by atoms with van der Waals surface area (Å²) in [6.45, 7) is 11.4. The van der Waals surface area contributed by atoms with Crippen molar-refractivity contribution in [3.8, 4) is 11.5 Å². The minimum atomic E-state index is -0.236. The average molecular weight is 473 g/mol. The number of hydrogen-bond acceptors (Lipinski definition) is 4. The Kier molecular flexibility index (Phi) is 8.22. The molecule has 0 aliphatic carbocycles. The molecule has 4 rings (SSSR count). The van der Waals surface area contributed by atoms with E-state index >= 15 is 0 Å². The third kappa shape index (κ3) is 6.31. The van der Waals surface area contributed by atoms with Crippen LogP contribution in [0.4, 0.5) is 10.1 Å². The quantitative estimate of drug-likeness (QED) is 0.351. The van der Waals surface area contributed by atoms with Gasteiger partial charge < -0.3 is 14.7 Å². The van der Waals surface area contributed by atoms with Crippen molar-refractivity contribution in [3.63, 3.8) is 0 Å². The van der Waals surface area contributed by atoms with Gasteiger partial charge in [0, 0.05) is 31.9 Å². The third-order valence-electron chi connectivity index (χ3n) is 6.45. The standard InChI is InChI=1S/C30H33FN2O2/c1-3-16-32(17-4-2)19-20-35-28-12-5-23(6-13-28)21-30-29-14-11-27(34)22-24(29)15-18-33(30)26-9-7-25(31)8-10-26/h3-14,22,30,34H,1-2,15-21H2. The van der Waals surface area contributed by atoms with Crippen LogP contribution in [0, 0.1) is 5.82 Å². The van der Waals surface area contributed by atoms with Gasteiger partial charge in [0.1, 0.15) is 23.9 Å². The molecular weight excluding hydrogens is 439 g/mol. The van der Waals surface area contributed by atoms with Gasteiger partial charge in [-0.2, -0.15) is 0 Å². The Hall–Kier alpha value is -3.57. The van der Waals surface area contributed by atoms with Crippen LogP contribution in [0.15, 0.2) is 92.0 Å². The van der Waals surface area contributed by atoms with Gasteiger partial charge in [-0.05, 0) is 78.1 Å². The van der Waals surface area contributed by atoms with Crippen molar-refractivity contribution in [2.45, 2.75) is 18.9 Å². The zero-order valence-electron chi connectivity index (χ0n) is 20.1. The van der Waals surface area contributed by atoms with Crippen molar-refractivity contribution < 1.29 is 14.2 Å². The van der Waals surface area contributed by atoms with Crippen LogP contribution in [-0.4, -0.2) is 42.8 Å². The molecule has 1 aliphatic heterocycles. The largest absolute Gasteiger partial charge is 0.508 e. The van der Waals surface area contributed by atoms with Crippen LogP contribution in [0.3, 0.4) is 0 Å². The van der Waals surface area contributed by atoms with Gasteiger partial charge in [-0.15, -0.1) is 13.2 Å². The van der Waals surface area contributed by atoms with Crippen LogP contribution in [-0.2, 0) is 12.8 Å². The second-order valence-corrected chi connectivity index (χ2v) is 8.85. The van der Waals surface area contributed by atoms with Crippen LogP contribution in [0.5, 0.6) is 11.5 Å². The Balaban J connectivity index is 1.47. The zero-order valence-corrected chi connectivity index (χ0v) is 20.1. The minimum Gasteiger partial charge on any atom is -0.508 e. The number of nitrogens with zero attached hydrogens (tertiary/aromatic N) is 2. The van der Waals surface area contributed by atoms with Crippen LogP contribution < -0.4 is 9.64 Å². The molecule has 182 valence electrons. The number of phenolic OH excluding ortho intramolecular Hbond substituents is 1. The first-order valence-corrected chi connectivity index (χ1v) is 12.1. The van der Waals surface area contributed by atoms with E-state index in [2.05, 4.69) is 35.1 Å². The summed E-state index contributed by atoms with van der Waals surface area (Å²) in [6.07, 6.45) is 5.40. The van der Waals surface area contributed by atoms with Crippen molar-refractivity contribution in [3.05, 3.63) is 115 Å². The fraction of sp³-hybridized carbons (Fsp3) is 0.267. The molecule has 3 aromatic rings. The Morgan fingerprint density at radius 2 is 1.71 bits per heavy atom. The lowest BCUT2D eigenvalue weighted by molar-refractivity contribution is 0.236. The van der Waals surface area contributed by atoms with Gasteiger partial charge in [-0.25, -0.2) is 4.39 Å². The number of rotatable bonds is 11. The summed E-state index contributed by atoms with van der Waals surface area (Å²) >= 11 is 0. The molecule has 0 radical (unpaired) electrons. The van der Waals surface area contributed by atoms with Crippen molar-refractivity contribution in [1.29, 1.82) is 0 Å². The first kappa shape index (κ1) is 24.6. The highest BCUT2D eigenvalue weighted by molar-refractivity contribution is 5.53. The van der Waals surface area contributed by atoms with E-state index in [1.165, 1.54) is 23.3 Å². The Morgan fingerprint density at radius 1 is 1.00 bits per heavy atom. The summed E-state index contributed by atoms with van der Waals surface area (Å²) < 4.78 is 19.5. The van der Waals surface area contributed by atoms with Crippen LogP contribution in [0.1, 0.15) is 22.7 Å². The van der Waals surface area contributed by atoms with Crippen molar-refractivity contribution in [1.82, 2.24) is 4.90 Å². The monoisotopic (exact) mass is 472 g/mol. The summed E-state index contributed by atoms with van der Waals surface area (Å²) in [5.74, 6) is 0.898. The predicted molar refractivity (Wildman–Crippen MR) is 141 cm³/mol. The number of hydrogen-bond donors (Lipinski definition) is 1. The van der Waals surface area contributed by atoms with E-state index in [1.807, 2.05) is 48.6 Å². The number of aromatic hydroxyl groups is 1. The summed E-state index contributed by atoms with van der Waals surface area (Å²) in [6, 6.07) is 20.7. The average Bonchev–Trinajstić information content (AvgIpc) is 2.86. The highest BCUT2D eigenvalue weighted by Crippen LogP contribution is 2.37. The SMILES string of the molecule is C=CCN(CC=C)CCOc1ccc(CC2c3ccc(O)cc3CCN2c2ccc(F)cc2)cc1. The molecule has 0 fully saturated rings. The number of anilines is 1. The third-order valence-corrected chi connectivity index (χ3v) is 6.45. The summed E-state index contributed by atoms with van der Waals surface area (Å²) in [5.41, 5.74) is 4.55. The Bertz CT molecular complexity index is 1120. The maximum atomic E-state index is 13.6. The van der Waals surface area contributed by atoms with E-state index in [-0.39, 0.29) is 11.9 Å². The van der Waals surface area contributed by atoms with Gasteiger partial charge in [0.15, 0.2) is 0 Å². The Labute approximate surface area is 207 Å². The maximum absolute atomic E-state index is 13.6. The van der Waals surface area contributed by atoms with Crippen molar-refractivity contribution >= 4 is 5.69 Å². The number of phenols is 1. The van der Waals surface area contributed by atoms with E-state index in [0.29, 0.717) is 12.4 Å². The Morgan fingerprint density at radius 3 is 2.40 bits per heavy atom. The van der Waals surface area contributed by atoms with E-state index in [0.717, 1.165) is 56.0 Å². The second kappa shape index (κ2) is 11.7. The van der Waals surface area contributed by atoms with Crippen LogP contribution in [0.2, 0.25) is 0 Å². The molecule has 0 amide bonds. The van der Waals surface area contributed by atoms with Gasteiger partial charge in [0.25, 0.3) is 0 Å². The molecular formula is C30H33FN2O2. The topological polar surface area (TPSA) is 35.9 Å². The fourth-order valence-corrected chi connectivity index (χ4v) is 4.72. The summed E-state index contributed by atoms with van der Waals surface area (Å²) in [5, 5.41) is 9.99. The maximum Gasteiger partial charge on any atom is 0.123 e. The lowest BCUT2D eigenvalue weighted by Crippen LogP contribution is -2.36. The zero-order chi connectivity index (χ0) is 24.6. The molecule has 0 saturated carbocycles. The first-order valence-electron chi connectivity index (χ1n) is 12.1. The van der Waals surface area contributed by atoms with E-state index in [4.69, 9.17) is 4.74 Å². The van der Waals surface area contributed by atoms with Gasteiger partial charge in [0.05, 0.1) is 6.04 Å². The van der Waals surface area contributed by atoms with E-state index in [9.17, 15) is 9.50 Å². The molecule has 0 bridgehead atoms. The van der Waals surface area contributed by atoms with Gasteiger partial charge in [-0.3, -0.25) is 4.90 Å². The van der Waals surface area contributed by atoms with E-state index < -0.39 is 0 Å². The molecule has 5 heteroatoms. The molecule has 1 heterocycles. The number of benzene rings is 3. The molecule has 0 saturated heterocycles. The molecule has 35 heavy (non-hydrogen) atoms. The van der Waals surface area contributed by atoms with Crippen molar-refractivity contribution in [2.24, 2.45) is 0 Å². The lowest BCUT2D eigenvalue weighted by atomic mass is 9.88. The molecule has 1 N–H and O–H groups in total. The smallest absolute Gasteiger partial charge is 0.123 e. The van der Waals surface area contributed by atoms with Crippen LogP contribution >= 0.6 is 0 Å². The highest BCUT2D eigenvalue weighted by atomic mass is 19.1. The number of ether oxygens (including phenoxy) is 1. The van der Waals surface area contributed by atoms with Gasteiger partial charge in [0.2, 0.25) is 0 Å². The molecule has 3 aromatic carbocycles. The lowest BCUT2D eigenvalue weighted by Gasteiger charge is -2.39. The van der Waals surface area contributed by atoms with E-state index in [1.54, 1.807) is 6.07 Å². The summed E-state index contributed by atoms with van der Waals surface area (Å²) in [4.78, 5) is 4.55. The van der Waals surface area contributed by atoms with Crippen molar-refractivity contribution in [2.75, 3.05) is 37.7 Å². The minimum absolute atomic E-state index is 0.0861. The number of fused-ring (bicyclic) bond motifs is 1. The molecule has 1 atom stereocenters.